The SMILES string of the molecule is CNC1CCCOc2cc(C)ccc21. The third-order valence-electron chi connectivity index (χ3n) is 2.79. The van der Waals surface area contributed by atoms with Gasteiger partial charge in [0.1, 0.15) is 5.75 Å². The van der Waals surface area contributed by atoms with E-state index in [1.807, 2.05) is 7.05 Å². The van der Waals surface area contributed by atoms with Gasteiger partial charge in [-0.1, -0.05) is 12.1 Å². The highest BCUT2D eigenvalue weighted by Crippen LogP contribution is 2.31. The first-order chi connectivity index (χ1) is 6.81. The van der Waals surface area contributed by atoms with Crippen molar-refractivity contribution in [3.63, 3.8) is 0 Å². The van der Waals surface area contributed by atoms with Gasteiger partial charge in [0.2, 0.25) is 0 Å². The predicted octanol–water partition coefficient (Wildman–Crippen LogP) is 2.43. The van der Waals surface area contributed by atoms with Gasteiger partial charge in [0.15, 0.2) is 0 Å². The number of hydrogen-bond donors (Lipinski definition) is 1. The zero-order valence-corrected chi connectivity index (χ0v) is 8.84. The number of nitrogens with one attached hydrogen (secondary N) is 1. The van der Waals surface area contributed by atoms with E-state index in [2.05, 4.69) is 30.4 Å². The molecule has 76 valence electrons. The Morgan fingerprint density at radius 3 is 3.07 bits per heavy atom. The largest absolute Gasteiger partial charge is 0.493 e. The van der Waals surface area contributed by atoms with E-state index < -0.39 is 0 Å². The molecule has 1 aromatic carbocycles. The molecule has 0 aromatic heterocycles. The summed E-state index contributed by atoms with van der Waals surface area (Å²) in [4.78, 5) is 0. The molecule has 0 aliphatic carbocycles. The van der Waals surface area contributed by atoms with Crippen molar-refractivity contribution in [2.45, 2.75) is 25.8 Å². The molecule has 0 spiro atoms. The summed E-state index contributed by atoms with van der Waals surface area (Å²) < 4.78 is 5.72. The van der Waals surface area contributed by atoms with Crippen molar-refractivity contribution in [2.75, 3.05) is 13.7 Å². The number of fused-ring (bicyclic) bond motifs is 1. The number of aryl methyl sites for hydroxylation is 1. The van der Waals surface area contributed by atoms with E-state index in [1.165, 1.54) is 11.1 Å². The van der Waals surface area contributed by atoms with E-state index >= 15 is 0 Å². The van der Waals surface area contributed by atoms with Crippen LogP contribution in [0, 0.1) is 6.92 Å². The van der Waals surface area contributed by atoms with Crippen LogP contribution >= 0.6 is 0 Å². The van der Waals surface area contributed by atoms with Crippen molar-refractivity contribution in [1.29, 1.82) is 0 Å². The molecule has 2 rings (SSSR count). The van der Waals surface area contributed by atoms with Crippen molar-refractivity contribution in [1.82, 2.24) is 5.32 Å². The van der Waals surface area contributed by atoms with Gasteiger partial charge in [-0.05, 0) is 38.4 Å². The van der Waals surface area contributed by atoms with E-state index in [1.54, 1.807) is 0 Å². The Kier molecular flexibility index (Phi) is 2.73. The molecular weight excluding hydrogens is 174 g/mol. The summed E-state index contributed by atoms with van der Waals surface area (Å²) in [6.07, 6.45) is 2.28. The van der Waals surface area contributed by atoms with Crippen LogP contribution in [0.2, 0.25) is 0 Å². The summed E-state index contributed by atoms with van der Waals surface area (Å²) in [5.41, 5.74) is 2.57. The third kappa shape index (κ3) is 1.75. The molecule has 1 aliphatic heterocycles. The Bertz CT molecular complexity index is 322. The van der Waals surface area contributed by atoms with Gasteiger partial charge in [0, 0.05) is 11.6 Å². The van der Waals surface area contributed by atoms with Crippen molar-refractivity contribution >= 4 is 0 Å². The van der Waals surface area contributed by atoms with E-state index in [0.29, 0.717) is 6.04 Å². The maximum atomic E-state index is 5.72. The summed E-state index contributed by atoms with van der Waals surface area (Å²) in [5.74, 6) is 1.06. The monoisotopic (exact) mass is 191 g/mol. The Balaban J connectivity index is 2.39. The predicted molar refractivity (Wildman–Crippen MR) is 57.7 cm³/mol. The molecule has 0 amide bonds. The molecule has 0 radical (unpaired) electrons. The molecule has 1 heterocycles. The Morgan fingerprint density at radius 1 is 1.43 bits per heavy atom. The quantitative estimate of drug-likeness (QED) is 0.736. The summed E-state index contributed by atoms with van der Waals surface area (Å²) in [6, 6.07) is 6.91. The number of ether oxygens (including phenoxy) is 1. The molecule has 14 heavy (non-hydrogen) atoms. The van der Waals surface area contributed by atoms with E-state index in [4.69, 9.17) is 4.74 Å². The Hall–Kier alpha value is -1.02. The molecular formula is C12H17NO. The van der Waals surface area contributed by atoms with Gasteiger partial charge in [0.05, 0.1) is 6.61 Å². The number of rotatable bonds is 1. The van der Waals surface area contributed by atoms with Gasteiger partial charge in [-0.3, -0.25) is 0 Å². The summed E-state index contributed by atoms with van der Waals surface area (Å²) in [6.45, 7) is 2.94. The second kappa shape index (κ2) is 4.01. The minimum Gasteiger partial charge on any atom is -0.493 e. The highest BCUT2D eigenvalue weighted by molar-refractivity contribution is 5.39. The summed E-state index contributed by atoms with van der Waals surface area (Å²) in [5, 5.41) is 3.34. The molecule has 2 heteroatoms. The first-order valence-electron chi connectivity index (χ1n) is 5.22. The molecule has 1 atom stereocenters. The smallest absolute Gasteiger partial charge is 0.124 e. The van der Waals surface area contributed by atoms with Crippen LogP contribution < -0.4 is 10.1 Å². The van der Waals surface area contributed by atoms with Gasteiger partial charge in [-0.15, -0.1) is 0 Å². The van der Waals surface area contributed by atoms with E-state index in [0.717, 1.165) is 25.2 Å². The average Bonchev–Trinajstić information content (AvgIpc) is 2.38. The lowest BCUT2D eigenvalue weighted by Gasteiger charge is -2.15. The van der Waals surface area contributed by atoms with Crippen molar-refractivity contribution < 1.29 is 4.74 Å². The van der Waals surface area contributed by atoms with Gasteiger partial charge in [-0.2, -0.15) is 0 Å². The fraction of sp³-hybridized carbons (Fsp3) is 0.500. The van der Waals surface area contributed by atoms with Gasteiger partial charge < -0.3 is 10.1 Å². The lowest BCUT2D eigenvalue weighted by molar-refractivity contribution is 0.315. The maximum Gasteiger partial charge on any atom is 0.124 e. The van der Waals surface area contributed by atoms with Crippen molar-refractivity contribution in [3.05, 3.63) is 29.3 Å². The molecule has 0 saturated heterocycles. The zero-order chi connectivity index (χ0) is 9.97. The lowest BCUT2D eigenvalue weighted by atomic mass is 10.0. The van der Waals surface area contributed by atoms with Crippen LogP contribution in [0.3, 0.4) is 0 Å². The Morgan fingerprint density at radius 2 is 2.29 bits per heavy atom. The van der Waals surface area contributed by atoms with Gasteiger partial charge >= 0.3 is 0 Å². The first kappa shape index (κ1) is 9.53. The van der Waals surface area contributed by atoms with Gasteiger partial charge in [0.25, 0.3) is 0 Å². The molecule has 1 unspecified atom stereocenters. The molecule has 0 saturated carbocycles. The molecule has 1 aliphatic rings. The van der Waals surface area contributed by atoms with Crippen LogP contribution in [-0.4, -0.2) is 13.7 Å². The molecule has 1 aromatic rings. The Labute approximate surface area is 85.3 Å². The second-order valence-electron chi connectivity index (χ2n) is 3.87. The van der Waals surface area contributed by atoms with E-state index in [-0.39, 0.29) is 0 Å². The van der Waals surface area contributed by atoms with Crippen molar-refractivity contribution in [2.24, 2.45) is 0 Å². The topological polar surface area (TPSA) is 21.3 Å². The molecule has 0 fully saturated rings. The maximum absolute atomic E-state index is 5.72. The standard InChI is InChI=1S/C12H17NO/c1-9-5-6-10-11(13-2)4-3-7-14-12(10)8-9/h5-6,8,11,13H,3-4,7H2,1-2H3. The van der Waals surface area contributed by atoms with Crippen LogP contribution in [0.5, 0.6) is 5.75 Å². The molecule has 1 N–H and O–H groups in total. The van der Waals surface area contributed by atoms with Crippen LogP contribution in [0.4, 0.5) is 0 Å². The third-order valence-corrected chi connectivity index (χ3v) is 2.79. The number of benzene rings is 1. The zero-order valence-electron chi connectivity index (χ0n) is 8.84. The van der Waals surface area contributed by atoms with Crippen LogP contribution in [0.15, 0.2) is 18.2 Å². The second-order valence-corrected chi connectivity index (χ2v) is 3.87. The fourth-order valence-electron chi connectivity index (χ4n) is 1.98. The first-order valence-corrected chi connectivity index (χ1v) is 5.22. The van der Waals surface area contributed by atoms with Crippen LogP contribution in [0.25, 0.3) is 0 Å². The summed E-state index contributed by atoms with van der Waals surface area (Å²) in [7, 11) is 2.01. The minimum atomic E-state index is 0.452. The number of hydrogen-bond acceptors (Lipinski definition) is 2. The van der Waals surface area contributed by atoms with Crippen molar-refractivity contribution in [3.8, 4) is 5.75 Å². The van der Waals surface area contributed by atoms with E-state index in [9.17, 15) is 0 Å². The molecule has 0 bridgehead atoms. The fourth-order valence-corrected chi connectivity index (χ4v) is 1.98. The minimum absolute atomic E-state index is 0.452. The van der Waals surface area contributed by atoms with Crippen LogP contribution in [-0.2, 0) is 0 Å². The van der Waals surface area contributed by atoms with Crippen LogP contribution in [0.1, 0.15) is 30.0 Å². The average molecular weight is 191 g/mol. The highest BCUT2D eigenvalue weighted by atomic mass is 16.5. The normalized spacial score (nSPS) is 20.9. The molecule has 2 nitrogen and oxygen atoms in total. The lowest BCUT2D eigenvalue weighted by Crippen LogP contribution is -2.15. The highest BCUT2D eigenvalue weighted by Gasteiger charge is 2.17. The summed E-state index contributed by atoms with van der Waals surface area (Å²) >= 11 is 0. The van der Waals surface area contributed by atoms with Gasteiger partial charge in [-0.25, -0.2) is 0 Å².